The van der Waals surface area contributed by atoms with E-state index < -0.39 is 0 Å². The van der Waals surface area contributed by atoms with Crippen LogP contribution >= 0.6 is 0 Å². The normalized spacial score (nSPS) is 10.9. The average molecular weight is 225 g/mol. The lowest BCUT2D eigenvalue weighted by atomic mass is 10.2. The summed E-state index contributed by atoms with van der Waals surface area (Å²) in [5, 5.41) is 0. The van der Waals surface area contributed by atoms with Crippen LogP contribution in [0.3, 0.4) is 0 Å². The van der Waals surface area contributed by atoms with Crippen molar-refractivity contribution in [2.75, 3.05) is 5.73 Å². The quantitative estimate of drug-likeness (QED) is 0.647. The van der Waals surface area contributed by atoms with Crippen LogP contribution in [0, 0.1) is 6.92 Å². The maximum absolute atomic E-state index is 5.70. The van der Waals surface area contributed by atoms with Crippen LogP contribution in [0.5, 0.6) is 0 Å². The van der Waals surface area contributed by atoms with E-state index in [1.807, 2.05) is 25.1 Å². The molecule has 0 aliphatic carbocycles. The first kappa shape index (κ1) is 9.84. The fourth-order valence-corrected chi connectivity index (χ4v) is 1.74. The highest BCUT2D eigenvalue weighted by Gasteiger charge is 2.08. The molecule has 2 heterocycles. The molecular weight excluding hydrogens is 214 g/mol. The van der Waals surface area contributed by atoms with Gasteiger partial charge in [-0.05, 0) is 30.7 Å². The first-order valence-corrected chi connectivity index (χ1v) is 5.30. The van der Waals surface area contributed by atoms with E-state index in [2.05, 4.69) is 9.97 Å². The molecule has 0 aliphatic heterocycles. The number of pyridine rings is 1. The third kappa shape index (κ3) is 1.73. The van der Waals surface area contributed by atoms with Gasteiger partial charge in [0.15, 0.2) is 5.58 Å². The van der Waals surface area contributed by atoms with Crippen molar-refractivity contribution in [3.8, 4) is 11.5 Å². The van der Waals surface area contributed by atoms with E-state index in [1.165, 1.54) is 0 Å². The highest BCUT2D eigenvalue weighted by atomic mass is 16.3. The molecule has 2 N–H and O–H groups in total. The molecule has 17 heavy (non-hydrogen) atoms. The summed E-state index contributed by atoms with van der Waals surface area (Å²) in [7, 11) is 0. The first-order chi connectivity index (χ1) is 8.22. The number of nitrogen functional groups attached to an aromatic ring is 1. The number of anilines is 1. The smallest absolute Gasteiger partial charge is 0.228 e. The molecule has 3 rings (SSSR count). The number of rotatable bonds is 1. The Hall–Kier alpha value is -2.36. The highest BCUT2D eigenvalue weighted by molar-refractivity contribution is 5.79. The molecule has 0 spiro atoms. The van der Waals surface area contributed by atoms with Gasteiger partial charge in [-0.25, -0.2) is 4.98 Å². The molecular formula is C13H11N3O. The molecule has 1 aromatic carbocycles. The third-order valence-corrected chi connectivity index (χ3v) is 2.53. The molecule has 0 saturated carbocycles. The minimum Gasteiger partial charge on any atom is -0.436 e. The maximum Gasteiger partial charge on any atom is 0.228 e. The molecule has 0 saturated heterocycles. The Labute approximate surface area is 98.1 Å². The van der Waals surface area contributed by atoms with Crippen molar-refractivity contribution in [2.24, 2.45) is 0 Å². The molecule has 0 fully saturated rings. The van der Waals surface area contributed by atoms with E-state index in [1.54, 1.807) is 18.5 Å². The van der Waals surface area contributed by atoms with E-state index in [0.29, 0.717) is 17.2 Å². The van der Waals surface area contributed by atoms with Crippen LogP contribution < -0.4 is 5.73 Å². The van der Waals surface area contributed by atoms with Gasteiger partial charge in [-0.2, -0.15) is 0 Å². The Morgan fingerprint density at radius 2 is 2.06 bits per heavy atom. The zero-order valence-electron chi connectivity index (χ0n) is 9.34. The molecule has 4 nitrogen and oxygen atoms in total. The van der Waals surface area contributed by atoms with Crippen LogP contribution in [0.1, 0.15) is 5.56 Å². The molecule has 0 bridgehead atoms. The summed E-state index contributed by atoms with van der Waals surface area (Å²) < 4.78 is 5.66. The van der Waals surface area contributed by atoms with Crippen LogP contribution in [-0.4, -0.2) is 9.97 Å². The van der Waals surface area contributed by atoms with Crippen LogP contribution in [0.2, 0.25) is 0 Å². The number of aromatic nitrogens is 2. The zero-order valence-corrected chi connectivity index (χ0v) is 9.34. The molecule has 0 amide bonds. The van der Waals surface area contributed by atoms with Crippen LogP contribution in [0.25, 0.3) is 22.6 Å². The fraction of sp³-hybridized carbons (Fsp3) is 0.0769. The summed E-state index contributed by atoms with van der Waals surface area (Å²) in [6.45, 7) is 1.98. The van der Waals surface area contributed by atoms with Crippen molar-refractivity contribution >= 4 is 16.8 Å². The van der Waals surface area contributed by atoms with Gasteiger partial charge in [0, 0.05) is 24.1 Å². The zero-order chi connectivity index (χ0) is 11.8. The Morgan fingerprint density at radius 1 is 1.18 bits per heavy atom. The number of oxazole rings is 1. The molecule has 2 aromatic heterocycles. The predicted octanol–water partition coefficient (Wildman–Crippen LogP) is 2.78. The van der Waals surface area contributed by atoms with Crippen molar-refractivity contribution < 1.29 is 4.42 Å². The van der Waals surface area contributed by atoms with Gasteiger partial charge in [-0.3, -0.25) is 4.98 Å². The predicted molar refractivity (Wildman–Crippen MR) is 66.4 cm³/mol. The molecule has 0 unspecified atom stereocenters. The van der Waals surface area contributed by atoms with Crippen LogP contribution in [-0.2, 0) is 0 Å². The van der Waals surface area contributed by atoms with Crippen LogP contribution in [0.15, 0.2) is 41.1 Å². The minimum absolute atomic E-state index is 0.571. The number of nitrogens with two attached hydrogens (primary N) is 1. The number of aryl methyl sites for hydroxylation is 1. The summed E-state index contributed by atoms with van der Waals surface area (Å²) in [6, 6.07) is 7.42. The number of benzene rings is 1. The van der Waals surface area contributed by atoms with Crippen molar-refractivity contribution in [1.29, 1.82) is 0 Å². The van der Waals surface area contributed by atoms with Crippen molar-refractivity contribution in [3.63, 3.8) is 0 Å². The summed E-state index contributed by atoms with van der Waals surface area (Å²) in [5.41, 5.74) is 9.81. The monoisotopic (exact) mass is 225 g/mol. The van der Waals surface area contributed by atoms with Crippen LogP contribution in [0.4, 0.5) is 5.69 Å². The molecule has 0 atom stereocenters. The summed E-state index contributed by atoms with van der Waals surface area (Å²) >= 11 is 0. The third-order valence-electron chi connectivity index (χ3n) is 2.53. The largest absolute Gasteiger partial charge is 0.436 e. The van der Waals surface area contributed by atoms with Gasteiger partial charge in [0.05, 0.1) is 5.56 Å². The Balaban J connectivity index is 2.18. The molecule has 0 aliphatic rings. The van der Waals surface area contributed by atoms with Gasteiger partial charge in [0.25, 0.3) is 0 Å². The standard InChI is InChI=1S/C13H11N3O/c1-8-4-9(7-15-6-8)13-16-11-3-2-10(14)5-12(11)17-13/h2-7H,14H2,1H3. The van der Waals surface area contributed by atoms with Gasteiger partial charge >= 0.3 is 0 Å². The van der Waals surface area contributed by atoms with Crippen molar-refractivity contribution in [3.05, 3.63) is 42.2 Å². The average Bonchev–Trinajstić information content (AvgIpc) is 2.72. The van der Waals surface area contributed by atoms with E-state index in [0.717, 1.165) is 16.6 Å². The Bertz CT molecular complexity index is 688. The lowest BCUT2D eigenvalue weighted by Gasteiger charge is -1.95. The number of nitrogens with zero attached hydrogens (tertiary/aromatic N) is 2. The van der Waals surface area contributed by atoms with E-state index >= 15 is 0 Å². The Kier molecular flexibility index (Phi) is 2.08. The van der Waals surface area contributed by atoms with Gasteiger partial charge in [-0.15, -0.1) is 0 Å². The molecule has 0 radical (unpaired) electrons. The van der Waals surface area contributed by atoms with Gasteiger partial charge in [0.1, 0.15) is 5.52 Å². The van der Waals surface area contributed by atoms with E-state index in [9.17, 15) is 0 Å². The minimum atomic E-state index is 0.571. The fourth-order valence-electron chi connectivity index (χ4n) is 1.74. The second-order valence-corrected chi connectivity index (χ2v) is 4.00. The van der Waals surface area contributed by atoms with Gasteiger partial charge in [0.2, 0.25) is 5.89 Å². The SMILES string of the molecule is Cc1cncc(-c2nc3ccc(N)cc3o2)c1. The molecule has 84 valence electrons. The highest BCUT2D eigenvalue weighted by Crippen LogP contribution is 2.25. The summed E-state index contributed by atoms with van der Waals surface area (Å²) in [6.07, 6.45) is 3.53. The topological polar surface area (TPSA) is 64.9 Å². The maximum atomic E-state index is 5.70. The van der Waals surface area contributed by atoms with Gasteiger partial charge < -0.3 is 10.2 Å². The van der Waals surface area contributed by atoms with Crippen molar-refractivity contribution in [1.82, 2.24) is 9.97 Å². The second-order valence-electron chi connectivity index (χ2n) is 4.00. The van der Waals surface area contributed by atoms with E-state index in [-0.39, 0.29) is 0 Å². The van der Waals surface area contributed by atoms with Gasteiger partial charge in [-0.1, -0.05) is 0 Å². The number of hydrogen-bond donors (Lipinski definition) is 1. The molecule has 3 aromatic rings. The Morgan fingerprint density at radius 3 is 2.88 bits per heavy atom. The summed E-state index contributed by atoms with van der Waals surface area (Å²) in [4.78, 5) is 8.53. The lowest BCUT2D eigenvalue weighted by Crippen LogP contribution is -1.82. The lowest BCUT2D eigenvalue weighted by molar-refractivity contribution is 0.619. The second kappa shape index (κ2) is 3.59. The molecule has 4 heteroatoms. The summed E-state index contributed by atoms with van der Waals surface area (Å²) in [5.74, 6) is 0.571. The van der Waals surface area contributed by atoms with Crippen molar-refractivity contribution in [2.45, 2.75) is 6.92 Å². The number of hydrogen-bond acceptors (Lipinski definition) is 4. The number of fused-ring (bicyclic) bond motifs is 1. The van der Waals surface area contributed by atoms with E-state index in [4.69, 9.17) is 10.2 Å². The first-order valence-electron chi connectivity index (χ1n) is 5.30.